The van der Waals surface area contributed by atoms with Crippen molar-refractivity contribution in [3.63, 3.8) is 0 Å². The summed E-state index contributed by atoms with van der Waals surface area (Å²) in [6.45, 7) is 3.57. The molecule has 1 rings (SSSR count). The summed E-state index contributed by atoms with van der Waals surface area (Å²) in [5.74, 6) is 0. The molecule has 23 heavy (non-hydrogen) atoms. The number of rotatable bonds is 12. The smallest absolute Gasteiger partial charge is 0.317 e. The predicted octanol–water partition coefficient (Wildman–Crippen LogP) is 2.70. The Bertz CT molecular complexity index is 412. The van der Waals surface area contributed by atoms with E-state index in [1.807, 2.05) is 18.2 Å². The van der Waals surface area contributed by atoms with Crippen LogP contribution in [0.3, 0.4) is 0 Å². The molecule has 0 aromatic heterocycles. The van der Waals surface area contributed by atoms with E-state index in [-0.39, 0.29) is 6.03 Å². The molecule has 0 fully saturated rings. The summed E-state index contributed by atoms with van der Waals surface area (Å²) in [6.07, 6.45) is 3.70. The van der Waals surface area contributed by atoms with Crippen LogP contribution in [0, 0.1) is 0 Å². The summed E-state index contributed by atoms with van der Waals surface area (Å²) < 4.78 is 10.6. The number of carbonyl (C=O) groups is 1. The molecule has 0 aliphatic rings. The van der Waals surface area contributed by atoms with Crippen LogP contribution in [0.25, 0.3) is 0 Å². The molecule has 0 aliphatic heterocycles. The molecule has 2 amide bonds. The van der Waals surface area contributed by atoms with Crippen LogP contribution in [-0.4, -0.2) is 58.0 Å². The molecule has 130 valence electrons. The Morgan fingerprint density at radius 1 is 1.09 bits per heavy atom. The van der Waals surface area contributed by atoms with Gasteiger partial charge in [-0.3, -0.25) is 0 Å². The first kappa shape index (κ1) is 19.5. The SMILES string of the molecule is COCCCN(C)C(=O)NCCCCOCCc1ccccc1. The molecule has 0 radical (unpaired) electrons. The second kappa shape index (κ2) is 12.9. The Hall–Kier alpha value is -1.59. The van der Waals surface area contributed by atoms with Crippen molar-refractivity contribution in [2.75, 3.05) is 47.1 Å². The third-order valence-electron chi connectivity index (χ3n) is 3.56. The molecule has 0 aliphatic carbocycles. The van der Waals surface area contributed by atoms with Crippen molar-refractivity contribution in [1.82, 2.24) is 10.2 Å². The van der Waals surface area contributed by atoms with Crippen molar-refractivity contribution in [1.29, 1.82) is 0 Å². The van der Waals surface area contributed by atoms with Crippen LogP contribution in [0.4, 0.5) is 4.79 Å². The average molecular weight is 322 g/mol. The van der Waals surface area contributed by atoms with Crippen molar-refractivity contribution in [3.05, 3.63) is 35.9 Å². The van der Waals surface area contributed by atoms with Crippen LogP contribution >= 0.6 is 0 Å². The van der Waals surface area contributed by atoms with Crippen LogP contribution in [0.5, 0.6) is 0 Å². The van der Waals surface area contributed by atoms with Gasteiger partial charge in [-0.05, 0) is 31.2 Å². The van der Waals surface area contributed by atoms with E-state index >= 15 is 0 Å². The summed E-state index contributed by atoms with van der Waals surface area (Å²) >= 11 is 0. The summed E-state index contributed by atoms with van der Waals surface area (Å²) in [4.78, 5) is 13.5. The lowest BCUT2D eigenvalue weighted by Crippen LogP contribution is -2.38. The minimum Gasteiger partial charge on any atom is -0.385 e. The highest BCUT2D eigenvalue weighted by atomic mass is 16.5. The molecule has 0 heterocycles. The fraction of sp³-hybridized carbons (Fsp3) is 0.611. The maximum atomic E-state index is 11.8. The number of carbonyl (C=O) groups excluding carboxylic acids is 1. The van der Waals surface area contributed by atoms with Crippen molar-refractivity contribution < 1.29 is 14.3 Å². The molecule has 1 N–H and O–H groups in total. The Morgan fingerprint density at radius 2 is 1.87 bits per heavy atom. The summed E-state index contributed by atoms with van der Waals surface area (Å²) in [5, 5.41) is 2.92. The van der Waals surface area contributed by atoms with Crippen LogP contribution in [-0.2, 0) is 15.9 Å². The summed E-state index contributed by atoms with van der Waals surface area (Å²) in [6, 6.07) is 10.3. The molecule has 0 unspecified atom stereocenters. The van der Waals surface area contributed by atoms with Crippen LogP contribution in [0.2, 0.25) is 0 Å². The summed E-state index contributed by atoms with van der Waals surface area (Å²) in [7, 11) is 3.47. The van der Waals surface area contributed by atoms with Crippen molar-refractivity contribution >= 4 is 6.03 Å². The fourth-order valence-electron chi connectivity index (χ4n) is 2.14. The third kappa shape index (κ3) is 9.92. The molecular formula is C18H30N2O3. The van der Waals surface area contributed by atoms with E-state index < -0.39 is 0 Å². The van der Waals surface area contributed by atoms with Gasteiger partial charge in [0, 0.05) is 40.5 Å². The highest BCUT2D eigenvalue weighted by molar-refractivity contribution is 5.73. The van der Waals surface area contributed by atoms with Gasteiger partial charge in [-0.2, -0.15) is 0 Å². The normalized spacial score (nSPS) is 10.5. The van der Waals surface area contributed by atoms with Crippen LogP contribution in [0.15, 0.2) is 30.3 Å². The molecule has 0 bridgehead atoms. The van der Waals surface area contributed by atoms with Gasteiger partial charge in [0.25, 0.3) is 0 Å². The minimum absolute atomic E-state index is 0.0221. The van der Waals surface area contributed by atoms with Gasteiger partial charge in [0.2, 0.25) is 0 Å². The van der Waals surface area contributed by atoms with Crippen molar-refractivity contribution in [2.45, 2.75) is 25.7 Å². The lowest BCUT2D eigenvalue weighted by molar-refractivity contribution is 0.133. The number of hydrogen-bond donors (Lipinski definition) is 1. The number of urea groups is 1. The fourth-order valence-corrected chi connectivity index (χ4v) is 2.14. The predicted molar refractivity (Wildman–Crippen MR) is 92.7 cm³/mol. The standard InChI is InChI=1S/C18H30N2O3/c1-20(13-8-14-22-2)18(21)19-12-6-7-15-23-16-11-17-9-4-3-5-10-17/h3-5,9-10H,6-8,11-16H2,1-2H3,(H,19,21). The lowest BCUT2D eigenvalue weighted by Gasteiger charge is -2.17. The summed E-state index contributed by atoms with van der Waals surface area (Å²) in [5.41, 5.74) is 1.30. The Balaban J connectivity index is 1.91. The number of methoxy groups -OCH3 is 1. The van der Waals surface area contributed by atoms with E-state index in [1.54, 1.807) is 19.1 Å². The molecule has 5 nitrogen and oxygen atoms in total. The van der Waals surface area contributed by atoms with E-state index in [1.165, 1.54) is 5.56 Å². The van der Waals surface area contributed by atoms with Crippen LogP contribution in [0.1, 0.15) is 24.8 Å². The average Bonchev–Trinajstić information content (AvgIpc) is 2.58. The zero-order valence-electron chi connectivity index (χ0n) is 14.4. The Morgan fingerprint density at radius 3 is 2.61 bits per heavy atom. The van der Waals surface area contributed by atoms with E-state index in [0.717, 1.165) is 38.9 Å². The van der Waals surface area contributed by atoms with Gasteiger partial charge in [0.05, 0.1) is 6.61 Å². The highest BCUT2D eigenvalue weighted by Gasteiger charge is 2.06. The molecule has 1 aromatic rings. The topological polar surface area (TPSA) is 50.8 Å². The van der Waals surface area contributed by atoms with Gasteiger partial charge < -0.3 is 19.7 Å². The van der Waals surface area contributed by atoms with Gasteiger partial charge in [0.1, 0.15) is 0 Å². The first-order chi connectivity index (χ1) is 11.2. The van der Waals surface area contributed by atoms with E-state index in [0.29, 0.717) is 19.7 Å². The number of amides is 2. The van der Waals surface area contributed by atoms with Gasteiger partial charge in [-0.25, -0.2) is 4.79 Å². The van der Waals surface area contributed by atoms with E-state index in [4.69, 9.17) is 9.47 Å². The zero-order valence-corrected chi connectivity index (χ0v) is 14.4. The monoisotopic (exact) mass is 322 g/mol. The number of nitrogens with one attached hydrogen (secondary N) is 1. The van der Waals surface area contributed by atoms with Gasteiger partial charge in [-0.1, -0.05) is 30.3 Å². The van der Waals surface area contributed by atoms with E-state index in [9.17, 15) is 4.79 Å². The number of ether oxygens (including phenoxy) is 2. The number of unbranched alkanes of at least 4 members (excludes halogenated alkanes) is 1. The number of hydrogen-bond acceptors (Lipinski definition) is 3. The van der Waals surface area contributed by atoms with Crippen molar-refractivity contribution in [2.24, 2.45) is 0 Å². The largest absolute Gasteiger partial charge is 0.385 e. The minimum atomic E-state index is -0.0221. The second-order valence-electron chi connectivity index (χ2n) is 5.55. The maximum Gasteiger partial charge on any atom is 0.317 e. The third-order valence-corrected chi connectivity index (χ3v) is 3.56. The molecule has 0 saturated carbocycles. The number of benzene rings is 1. The molecule has 0 atom stereocenters. The first-order valence-corrected chi connectivity index (χ1v) is 8.33. The Kier molecular flexibility index (Phi) is 10.9. The molecular weight excluding hydrogens is 292 g/mol. The molecule has 0 saturated heterocycles. The number of nitrogens with zero attached hydrogens (tertiary/aromatic N) is 1. The van der Waals surface area contributed by atoms with Gasteiger partial charge in [-0.15, -0.1) is 0 Å². The maximum absolute atomic E-state index is 11.8. The Labute approximate surface area is 140 Å². The van der Waals surface area contributed by atoms with Gasteiger partial charge >= 0.3 is 6.03 Å². The quantitative estimate of drug-likeness (QED) is 0.602. The molecule has 5 heteroatoms. The van der Waals surface area contributed by atoms with Gasteiger partial charge in [0.15, 0.2) is 0 Å². The zero-order chi connectivity index (χ0) is 16.8. The van der Waals surface area contributed by atoms with Crippen molar-refractivity contribution in [3.8, 4) is 0 Å². The molecule has 1 aromatic carbocycles. The van der Waals surface area contributed by atoms with Crippen LogP contribution < -0.4 is 5.32 Å². The van der Waals surface area contributed by atoms with E-state index in [2.05, 4.69) is 17.4 Å². The molecule has 0 spiro atoms. The highest BCUT2D eigenvalue weighted by Crippen LogP contribution is 2.00. The second-order valence-corrected chi connectivity index (χ2v) is 5.55. The lowest BCUT2D eigenvalue weighted by atomic mass is 10.2. The first-order valence-electron chi connectivity index (χ1n) is 8.33.